The first-order chi connectivity index (χ1) is 11.4. The molecule has 0 aliphatic carbocycles. The molecule has 2 rings (SSSR count). The van der Waals surface area contributed by atoms with E-state index in [1.807, 2.05) is 0 Å². The summed E-state index contributed by atoms with van der Waals surface area (Å²) < 4.78 is 36.4. The van der Waals surface area contributed by atoms with E-state index in [2.05, 4.69) is 10.6 Å². The van der Waals surface area contributed by atoms with Gasteiger partial charge in [0, 0.05) is 12.1 Å². The van der Waals surface area contributed by atoms with Crippen molar-refractivity contribution in [1.29, 1.82) is 0 Å². The molecule has 24 heavy (non-hydrogen) atoms. The summed E-state index contributed by atoms with van der Waals surface area (Å²) in [7, 11) is 2.86. The number of rotatable bonds is 4. The van der Waals surface area contributed by atoms with Crippen molar-refractivity contribution < 1.29 is 27.8 Å². The molecule has 0 fully saturated rings. The zero-order chi connectivity index (χ0) is 17.7. The number of benzene rings is 2. The van der Waals surface area contributed by atoms with Crippen molar-refractivity contribution in [2.75, 3.05) is 24.9 Å². The lowest BCUT2D eigenvalue weighted by Gasteiger charge is -2.11. The van der Waals surface area contributed by atoms with Crippen molar-refractivity contribution in [3.63, 3.8) is 0 Å². The summed E-state index contributed by atoms with van der Waals surface area (Å²) in [5, 5.41) is 4.39. The van der Waals surface area contributed by atoms with Crippen LogP contribution in [0.2, 0.25) is 0 Å². The number of carbonyl (C=O) groups is 2. The number of halogens is 2. The SMILES string of the molecule is COc1ccc(NC(=O)C(=O)Nc2ccc(F)cc2F)c(OC)c1. The van der Waals surface area contributed by atoms with Crippen LogP contribution in [0.3, 0.4) is 0 Å². The van der Waals surface area contributed by atoms with Gasteiger partial charge in [0.2, 0.25) is 0 Å². The van der Waals surface area contributed by atoms with E-state index >= 15 is 0 Å². The van der Waals surface area contributed by atoms with Gasteiger partial charge in [0.05, 0.1) is 25.6 Å². The third kappa shape index (κ3) is 3.97. The smallest absolute Gasteiger partial charge is 0.314 e. The molecule has 2 amide bonds. The summed E-state index contributed by atoms with van der Waals surface area (Å²) in [6, 6.07) is 7.15. The van der Waals surface area contributed by atoms with Crippen LogP contribution in [0.1, 0.15) is 0 Å². The van der Waals surface area contributed by atoms with Crippen LogP contribution in [0.4, 0.5) is 20.2 Å². The Hall–Kier alpha value is -3.16. The number of ether oxygens (including phenoxy) is 2. The van der Waals surface area contributed by atoms with Gasteiger partial charge < -0.3 is 20.1 Å². The Bertz CT molecular complexity index is 781. The molecule has 0 saturated heterocycles. The maximum Gasteiger partial charge on any atom is 0.314 e. The van der Waals surface area contributed by atoms with Gasteiger partial charge in [-0.25, -0.2) is 8.78 Å². The lowest BCUT2D eigenvalue weighted by Crippen LogP contribution is -2.29. The van der Waals surface area contributed by atoms with E-state index in [-0.39, 0.29) is 17.1 Å². The monoisotopic (exact) mass is 336 g/mol. The minimum atomic E-state index is -1.11. The molecule has 0 aromatic heterocycles. The van der Waals surface area contributed by atoms with Crippen LogP contribution < -0.4 is 20.1 Å². The van der Waals surface area contributed by atoms with E-state index in [0.29, 0.717) is 11.8 Å². The van der Waals surface area contributed by atoms with Gasteiger partial charge >= 0.3 is 11.8 Å². The van der Waals surface area contributed by atoms with E-state index in [1.165, 1.54) is 26.4 Å². The van der Waals surface area contributed by atoms with Gasteiger partial charge in [-0.1, -0.05) is 0 Å². The van der Waals surface area contributed by atoms with E-state index < -0.39 is 23.4 Å². The topological polar surface area (TPSA) is 76.7 Å². The molecule has 126 valence electrons. The Kier molecular flexibility index (Phi) is 5.31. The van der Waals surface area contributed by atoms with Crippen molar-refractivity contribution in [2.24, 2.45) is 0 Å². The molecular weight excluding hydrogens is 322 g/mol. The van der Waals surface area contributed by atoms with E-state index in [9.17, 15) is 18.4 Å². The summed E-state index contributed by atoms with van der Waals surface area (Å²) in [4.78, 5) is 23.7. The molecule has 0 unspecified atom stereocenters. The molecular formula is C16H14F2N2O4. The average molecular weight is 336 g/mol. The van der Waals surface area contributed by atoms with Crippen LogP contribution in [-0.2, 0) is 9.59 Å². The fraction of sp³-hybridized carbons (Fsp3) is 0.125. The lowest BCUT2D eigenvalue weighted by molar-refractivity contribution is -0.133. The zero-order valence-corrected chi connectivity index (χ0v) is 12.9. The second-order valence-electron chi connectivity index (χ2n) is 4.60. The summed E-state index contributed by atoms with van der Waals surface area (Å²) in [5.74, 6) is -3.15. The van der Waals surface area contributed by atoms with E-state index in [4.69, 9.17) is 9.47 Å². The van der Waals surface area contributed by atoms with Crippen molar-refractivity contribution in [3.05, 3.63) is 48.0 Å². The number of methoxy groups -OCH3 is 2. The van der Waals surface area contributed by atoms with Crippen LogP contribution in [-0.4, -0.2) is 26.0 Å². The van der Waals surface area contributed by atoms with Crippen molar-refractivity contribution in [1.82, 2.24) is 0 Å². The minimum Gasteiger partial charge on any atom is -0.497 e. The summed E-state index contributed by atoms with van der Waals surface area (Å²) in [5.41, 5.74) is -0.0729. The van der Waals surface area contributed by atoms with Crippen molar-refractivity contribution >= 4 is 23.2 Å². The number of nitrogens with one attached hydrogen (secondary N) is 2. The molecule has 0 spiro atoms. The second-order valence-corrected chi connectivity index (χ2v) is 4.60. The highest BCUT2D eigenvalue weighted by atomic mass is 19.1. The van der Waals surface area contributed by atoms with Crippen LogP contribution in [0, 0.1) is 11.6 Å². The molecule has 0 atom stereocenters. The Morgan fingerprint density at radius 3 is 2.08 bits per heavy atom. The average Bonchev–Trinajstić information content (AvgIpc) is 2.57. The van der Waals surface area contributed by atoms with Gasteiger partial charge in [0.15, 0.2) is 0 Å². The molecule has 0 radical (unpaired) electrons. The largest absolute Gasteiger partial charge is 0.497 e. The highest BCUT2D eigenvalue weighted by Gasteiger charge is 2.18. The maximum absolute atomic E-state index is 13.5. The fourth-order valence-electron chi connectivity index (χ4n) is 1.85. The molecule has 8 heteroatoms. The second kappa shape index (κ2) is 7.40. The predicted octanol–water partition coefficient (Wildman–Crippen LogP) is 2.56. The van der Waals surface area contributed by atoms with Crippen LogP contribution in [0.5, 0.6) is 11.5 Å². The highest BCUT2D eigenvalue weighted by Crippen LogP contribution is 2.29. The van der Waals surface area contributed by atoms with Gasteiger partial charge in [0.25, 0.3) is 0 Å². The van der Waals surface area contributed by atoms with Gasteiger partial charge in [-0.2, -0.15) is 0 Å². The zero-order valence-electron chi connectivity index (χ0n) is 12.9. The molecule has 0 aliphatic heterocycles. The highest BCUT2D eigenvalue weighted by molar-refractivity contribution is 6.43. The number of hydrogen-bond donors (Lipinski definition) is 2. The van der Waals surface area contributed by atoms with Crippen molar-refractivity contribution in [3.8, 4) is 11.5 Å². The number of carbonyl (C=O) groups excluding carboxylic acids is 2. The number of anilines is 2. The van der Waals surface area contributed by atoms with Gasteiger partial charge in [-0.05, 0) is 24.3 Å². The van der Waals surface area contributed by atoms with Crippen LogP contribution in [0.15, 0.2) is 36.4 Å². The molecule has 2 aromatic rings. The van der Waals surface area contributed by atoms with Crippen LogP contribution >= 0.6 is 0 Å². The Balaban J connectivity index is 2.10. The predicted molar refractivity (Wildman–Crippen MR) is 83.2 cm³/mol. The molecule has 0 aliphatic rings. The van der Waals surface area contributed by atoms with E-state index in [0.717, 1.165) is 12.1 Å². The van der Waals surface area contributed by atoms with Gasteiger partial charge in [-0.15, -0.1) is 0 Å². The van der Waals surface area contributed by atoms with Crippen molar-refractivity contribution in [2.45, 2.75) is 0 Å². The standard InChI is InChI=1S/C16H14F2N2O4/c1-23-10-4-6-13(14(8-10)24-2)20-16(22)15(21)19-12-5-3-9(17)7-11(12)18/h3-8H,1-2H3,(H,19,21)(H,20,22). The first-order valence-corrected chi connectivity index (χ1v) is 6.74. The number of hydrogen-bond acceptors (Lipinski definition) is 4. The van der Waals surface area contributed by atoms with Crippen LogP contribution in [0.25, 0.3) is 0 Å². The van der Waals surface area contributed by atoms with E-state index in [1.54, 1.807) is 6.07 Å². The summed E-state index contributed by atoms with van der Waals surface area (Å²) in [6.45, 7) is 0. The molecule has 0 heterocycles. The van der Waals surface area contributed by atoms with Gasteiger partial charge in [-0.3, -0.25) is 9.59 Å². The minimum absolute atomic E-state index is 0.234. The summed E-state index contributed by atoms with van der Waals surface area (Å²) >= 11 is 0. The summed E-state index contributed by atoms with van der Waals surface area (Å²) in [6.07, 6.45) is 0. The Labute approximate surface area is 136 Å². The molecule has 2 N–H and O–H groups in total. The Morgan fingerprint density at radius 2 is 1.50 bits per heavy atom. The molecule has 2 aromatic carbocycles. The first kappa shape index (κ1) is 17.2. The fourth-order valence-corrected chi connectivity index (χ4v) is 1.85. The lowest BCUT2D eigenvalue weighted by atomic mass is 10.2. The molecule has 0 bridgehead atoms. The maximum atomic E-state index is 13.5. The first-order valence-electron chi connectivity index (χ1n) is 6.74. The van der Waals surface area contributed by atoms with Gasteiger partial charge in [0.1, 0.15) is 23.1 Å². The third-order valence-corrected chi connectivity index (χ3v) is 3.04. The quantitative estimate of drug-likeness (QED) is 0.842. The molecule has 6 nitrogen and oxygen atoms in total. The normalized spacial score (nSPS) is 10.0. The number of amides is 2. The Morgan fingerprint density at radius 1 is 0.875 bits per heavy atom. The molecule has 0 saturated carbocycles. The third-order valence-electron chi connectivity index (χ3n) is 3.04.